The summed E-state index contributed by atoms with van der Waals surface area (Å²) in [5.74, 6) is 0.166. The van der Waals surface area contributed by atoms with Gasteiger partial charge >= 0.3 is 0 Å². The maximum Gasteiger partial charge on any atom is 0.258 e. The minimum Gasteiger partial charge on any atom is -0.491 e. The first kappa shape index (κ1) is 28.2. The third kappa shape index (κ3) is 7.47. The molecule has 35 heavy (non-hydrogen) atoms. The SMILES string of the molecule is CCOc1cc(Cl)c(NC(=O)C(N=Nc2c(OCC)ccc(Cl)c2OCC)C(C)=O)cc1OCC. The number of carbonyl (C=O) groups excluding carboxylic acids is 2. The lowest BCUT2D eigenvalue weighted by molar-refractivity contribution is -0.126. The van der Waals surface area contributed by atoms with Crippen LogP contribution in [-0.4, -0.2) is 44.2 Å². The number of hydrogen-bond donors (Lipinski definition) is 1. The van der Waals surface area contributed by atoms with E-state index < -0.39 is 17.7 Å². The lowest BCUT2D eigenvalue weighted by Crippen LogP contribution is -2.32. The van der Waals surface area contributed by atoms with Gasteiger partial charge in [-0.25, -0.2) is 0 Å². The summed E-state index contributed by atoms with van der Waals surface area (Å²) in [7, 11) is 0. The molecular formula is C24H29Cl2N3O6. The van der Waals surface area contributed by atoms with Gasteiger partial charge in [0.25, 0.3) is 5.91 Å². The lowest BCUT2D eigenvalue weighted by atomic mass is 10.2. The van der Waals surface area contributed by atoms with E-state index in [1.165, 1.54) is 19.1 Å². The Labute approximate surface area is 214 Å². The summed E-state index contributed by atoms with van der Waals surface area (Å²) in [6, 6.07) is 4.82. The van der Waals surface area contributed by atoms with Crippen molar-refractivity contribution in [3.63, 3.8) is 0 Å². The Morgan fingerprint density at radius 1 is 0.857 bits per heavy atom. The molecule has 0 aliphatic heterocycles. The first-order chi connectivity index (χ1) is 16.8. The number of Topliss-reactive ketones (excluding diaryl/α,β-unsaturated/α-hetero) is 1. The van der Waals surface area contributed by atoms with Gasteiger partial charge in [-0.05, 0) is 46.8 Å². The Hall–Kier alpha value is -3.04. The zero-order chi connectivity index (χ0) is 26.0. The Morgan fingerprint density at radius 3 is 2.00 bits per heavy atom. The molecule has 1 N–H and O–H groups in total. The van der Waals surface area contributed by atoms with E-state index >= 15 is 0 Å². The van der Waals surface area contributed by atoms with Gasteiger partial charge in [0, 0.05) is 12.1 Å². The van der Waals surface area contributed by atoms with Crippen LogP contribution < -0.4 is 24.3 Å². The fraction of sp³-hybridized carbons (Fsp3) is 0.417. The average molecular weight is 526 g/mol. The highest BCUT2D eigenvalue weighted by Gasteiger charge is 2.26. The Bertz CT molecular complexity index is 1080. The minimum atomic E-state index is -1.46. The normalized spacial score (nSPS) is 11.7. The van der Waals surface area contributed by atoms with Crippen molar-refractivity contribution in [1.82, 2.24) is 0 Å². The largest absolute Gasteiger partial charge is 0.491 e. The monoisotopic (exact) mass is 525 g/mol. The van der Waals surface area contributed by atoms with E-state index in [1.54, 1.807) is 26.0 Å². The van der Waals surface area contributed by atoms with Crippen LogP contribution in [0.2, 0.25) is 10.0 Å². The molecule has 11 heteroatoms. The molecule has 1 amide bonds. The quantitative estimate of drug-likeness (QED) is 0.244. The second-order valence-electron chi connectivity index (χ2n) is 6.95. The molecule has 0 bridgehead atoms. The molecule has 0 spiro atoms. The van der Waals surface area contributed by atoms with Crippen LogP contribution in [0.1, 0.15) is 34.6 Å². The van der Waals surface area contributed by atoms with Crippen molar-refractivity contribution in [2.45, 2.75) is 40.7 Å². The molecule has 2 rings (SSSR count). The highest BCUT2D eigenvalue weighted by atomic mass is 35.5. The molecule has 0 radical (unpaired) electrons. The maximum atomic E-state index is 13.0. The molecule has 0 heterocycles. The van der Waals surface area contributed by atoms with Crippen molar-refractivity contribution in [2.75, 3.05) is 31.7 Å². The molecule has 9 nitrogen and oxygen atoms in total. The number of ketones is 1. The third-order valence-electron chi connectivity index (χ3n) is 4.43. The first-order valence-corrected chi connectivity index (χ1v) is 11.9. The van der Waals surface area contributed by atoms with E-state index in [-0.39, 0.29) is 27.2 Å². The smallest absolute Gasteiger partial charge is 0.258 e. The molecule has 0 aliphatic rings. The number of benzene rings is 2. The molecule has 190 valence electrons. The van der Waals surface area contributed by atoms with Crippen molar-refractivity contribution in [1.29, 1.82) is 0 Å². The number of hydrogen-bond acceptors (Lipinski definition) is 8. The molecule has 2 aromatic carbocycles. The summed E-state index contributed by atoms with van der Waals surface area (Å²) in [6.45, 7) is 9.92. The average Bonchev–Trinajstić information content (AvgIpc) is 2.80. The van der Waals surface area contributed by atoms with E-state index in [0.717, 1.165) is 0 Å². The van der Waals surface area contributed by atoms with Gasteiger partial charge in [-0.15, -0.1) is 5.11 Å². The van der Waals surface area contributed by atoms with Crippen LogP contribution in [0.4, 0.5) is 11.4 Å². The summed E-state index contributed by atoms with van der Waals surface area (Å²) in [5, 5.41) is 11.2. The second kappa shape index (κ2) is 13.7. The fourth-order valence-electron chi connectivity index (χ4n) is 2.98. The lowest BCUT2D eigenvalue weighted by Gasteiger charge is -2.16. The van der Waals surface area contributed by atoms with Gasteiger partial charge in [0.2, 0.25) is 6.04 Å². The molecule has 2 aromatic rings. The molecule has 0 aromatic heterocycles. The fourth-order valence-corrected chi connectivity index (χ4v) is 3.39. The maximum absolute atomic E-state index is 13.0. The number of nitrogens with zero attached hydrogens (tertiary/aromatic N) is 2. The Kier molecular flexibility index (Phi) is 11.1. The summed E-state index contributed by atoms with van der Waals surface area (Å²) in [4.78, 5) is 25.3. The number of carbonyl (C=O) groups is 2. The van der Waals surface area contributed by atoms with E-state index in [0.29, 0.717) is 43.7 Å². The third-order valence-corrected chi connectivity index (χ3v) is 5.04. The van der Waals surface area contributed by atoms with Gasteiger partial charge in [0.1, 0.15) is 0 Å². The van der Waals surface area contributed by atoms with Crippen LogP contribution in [0.25, 0.3) is 0 Å². The van der Waals surface area contributed by atoms with Gasteiger partial charge in [-0.1, -0.05) is 23.2 Å². The Balaban J connectivity index is 2.40. The van der Waals surface area contributed by atoms with Gasteiger partial charge in [0.05, 0.1) is 42.2 Å². The number of rotatable bonds is 13. The highest BCUT2D eigenvalue weighted by molar-refractivity contribution is 6.34. The highest BCUT2D eigenvalue weighted by Crippen LogP contribution is 2.43. The van der Waals surface area contributed by atoms with Crippen LogP contribution in [-0.2, 0) is 9.59 Å². The summed E-state index contributed by atoms with van der Waals surface area (Å²) in [5.41, 5.74) is 0.413. The van der Waals surface area contributed by atoms with Crippen LogP contribution in [0, 0.1) is 0 Å². The van der Waals surface area contributed by atoms with Crippen LogP contribution >= 0.6 is 23.2 Å². The molecule has 0 aliphatic carbocycles. The number of amides is 1. The van der Waals surface area contributed by atoms with E-state index in [2.05, 4.69) is 15.5 Å². The molecule has 0 fully saturated rings. The van der Waals surface area contributed by atoms with E-state index in [4.69, 9.17) is 42.1 Å². The van der Waals surface area contributed by atoms with Crippen LogP contribution in [0.15, 0.2) is 34.5 Å². The zero-order valence-corrected chi connectivity index (χ0v) is 21.8. The zero-order valence-electron chi connectivity index (χ0n) is 20.3. The molecule has 0 saturated heterocycles. The van der Waals surface area contributed by atoms with E-state index in [1.807, 2.05) is 13.8 Å². The number of ether oxygens (including phenoxy) is 4. The number of azo groups is 1. The summed E-state index contributed by atoms with van der Waals surface area (Å²) in [6.07, 6.45) is 0. The van der Waals surface area contributed by atoms with Crippen molar-refractivity contribution >= 4 is 46.3 Å². The van der Waals surface area contributed by atoms with Crippen LogP contribution in [0.3, 0.4) is 0 Å². The topological polar surface area (TPSA) is 108 Å². The number of nitrogens with one attached hydrogen (secondary N) is 1. The molecular weight excluding hydrogens is 497 g/mol. The number of halogens is 2. The van der Waals surface area contributed by atoms with Crippen LogP contribution in [0.5, 0.6) is 23.0 Å². The molecule has 0 saturated carbocycles. The van der Waals surface area contributed by atoms with Crippen molar-refractivity contribution in [3.8, 4) is 23.0 Å². The standard InChI is InChI=1S/C24H29Cl2N3O6/c1-6-32-18-11-10-15(25)23(35-9-4)22(18)29-28-21(14(5)30)24(31)27-17-13-20(34-8-3)19(33-7-2)12-16(17)26/h10-13,21H,6-9H2,1-5H3,(H,27,31). The summed E-state index contributed by atoms with van der Waals surface area (Å²) < 4.78 is 22.3. The van der Waals surface area contributed by atoms with Gasteiger partial charge in [-0.3, -0.25) is 9.59 Å². The van der Waals surface area contributed by atoms with E-state index in [9.17, 15) is 9.59 Å². The van der Waals surface area contributed by atoms with Crippen molar-refractivity contribution in [2.24, 2.45) is 10.2 Å². The molecule has 1 atom stereocenters. The minimum absolute atomic E-state index is 0.179. The molecule has 1 unspecified atom stereocenters. The van der Waals surface area contributed by atoms with Gasteiger partial charge in [-0.2, -0.15) is 5.11 Å². The second-order valence-corrected chi connectivity index (χ2v) is 7.77. The Morgan fingerprint density at radius 2 is 1.43 bits per heavy atom. The van der Waals surface area contributed by atoms with Gasteiger partial charge < -0.3 is 24.3 Å². The number of anilines is 1. The predicted molar refractivity (Wildman–Crippen MR) is 135 cm³/mol. The summed E-state index contributed by atoms with van der Waals surface area (Å²) >= 11 is 12.6. The van der Waals surface area contributed by atoms with Gasteiger partial charge in [0.15, 0.2) is 34.5 Å². The van der Waals surface area contributed by atoms with Crippen molar-refractivity contribution < 1.29 is 28.5 Å². The van der Waals surface area contributed by atoms with Crippen molar-refractivity contribution in [3.05, 3.63) is 34.3 Å². The predicted octanol–water partition coefficient (Wildman–Crippen LogP) is 6.27. The first-order valence-electron chi connectivity index (χ1n) is 11.2.